The molecule has 0 unspecified atom stereocenters. The highest BCUT2D eigenvalue weighted by molar-refractivity contribution is 7.91. The van der Waals surface area contributed by atoms with Gasteiger partial charge in [-0.25, -0.2) is 8.42 Å². The Bertz CT molecular complexity index is 562. The standard InChI is InChI=1S/C12H15NO5S/c1-2-19(17,18)10-5-3-9(4-6-10)7-11(14)13-8-12(15)16/h3-6H,2,7-8H2,1H3,(H,13,14)(H,15,16). The molecule has 1 aromatic rings. The molecule has 2 N–H and O–H groups in total. The molecule has 0 aliphatic heterocycles. The minimum Gasteiger partial charge on any atom is -0.480 e. The molecule has 0 fully saturated rings. The second-order valence-electron chi connectivity index (χ2n) is 3.89. The number of amides is 1. The van der Waals surface area contributed by atoms with E-state index in [-0.39, 0.29) is 17.1 Å². The Labute approximate surface area is 111 Å². The molecule has 0 spiro atoms. The smallest absolute Gasteiger partial charge is 0.322 e. The second-order valence-corrected chi connectivity index (χ2v) is 6.17. The van der Waals surface area contributed by atoms with Crippen molar-refractivity contribution in [1.29, 1.82) is 0 Å². The first-order chi connectivity index (χ1) is 8.85. The molecule has 19 heavy (non-hydrogen) atoms. The summed E-state index contributed by atoms with van der Waals surface area (Å²) in [4.78, 5) is 21.8. The van der Waals surface area contributed by atoms with Crippen LogP contribution in [0.2, 0.25) is 0 Å². The second kappa shape index (κ2) is 6.33. The summed E-state index contributed by atoms with van der Waals surface area (Å²) in [7, 11) is -3.24. The van der Waals surface area contributed by atoms with Crippen LogP contribution in [0.15, 0.2) is 29.2 Å². The fourth-order valence-electron chi connectivity index (χ4n) is 1.40. The maximum absolute atomic E-state index is 11.6. The number of hydrogen-bond donors (Lipinski definition) is 2. The lowest BCUT2D eigenvalue weighted by Gasteiger charge is -2.04. The van der Waals surface area contributed by atoms with E-state index < -0.39 is 28.3 Å². The van der Waals surface area contributed by atoms with Crippen molar-refractivity contribution in [3.63, 3.8) is 0 Å². The van der Waals surface area contributed by atoms with Crippen molar-refractivity contribution in [3.8, 4) is 0 Å². The molecule has 0 aliphatic carbocycles. The molecule has 1 amide bonds. The lowest BCUT2D eigenvalue weighted by Crippen LogP contribution is -2.30. The number of aliphatic carboxylic acids is 1. The Kier molecular flexibility index (Phi) is 5.05. The first kappa shape index (κ1) is 15.2. The average molecular weight is 285 g/mol. The molecule has 0 saturated heterocycles. The van der Waals surface area contributed by atoms with Crippen molar-refractivity contribution >= 4 is 21.7 Å². The van der Waals surface area contributed by atoms with E-state index in [1.807, 2.05) is 0 Å². The molecule has 0 atom stereocenters. The molecule has 0 heterocycles. The van der Waals surface area contributed by atoms with Gasteiger partial charge in [-0.2, -0.15) is 0 Å². The summed E-state index contributed by atoms with van der Waals surface area (Å²) in [6, 6.07) is 5.98. The predicted molar refractivity (Wildman–Crippen MR) is 68.5 cm³/mol. The van der Waals surface area contributed by atoms with E-state index in [0.29, 0.717) is 5.56 Å². The maximum atomic E-state index is 11.6. The molecular formula is C12H15NO5S. The SMILES string of the molecule is CCS(=O)(=O)c1ccc(CC(=O)NCC(=O)O)cc1. The lowest BCUT2D eigenvalue weighted by atomic mass is 10.1. The summed E-state index contributed by atoms with van der Waals surface area (Å²) in [6.07, 6.45) is 0.0136. The number of hydrogen-bond acceptors (Lipinski definition) is 4. The van der Waals surface area contributed by atoms with Gasteiger partial charge in [-0.15, -0.1) is 0 Å². The number of benzene rings is 1. The average Bonchev–Trinajstić information content (AvgIpc) is 2.37. The van der Waals surface area contributed by atoms with Gasteiger partial charge in [0, 0.05) is 0 Å². The highest BCUT2D eigenvalue weighted by atomic mass is 32.2. The van der Waals surface area contributed by atoms with Crippen LogP contribution >= 0.6 is 0 Å². The Hall–Kier alpha value is -1.89. The molecule has 0 radical (unpaired) electrons. The van der Waals surface area contributed by atoms with Crippen molar-refractivity contribution < 1.29 is 23.1 Å². The Morgan fingerprint density at radius 2 is 1.79 bits per heavy atom. The van der Waals surface area contributed by atoms with E-state index in [1.54, 1.807) is 19.1 Å². The molecule has 0 aliphatic rings. The zero-order chi connectivity index (χ0) is 14.5. The van der Waals surface area contributed by atoms with Gasteiger partial charge >= 0.3 is 5.97 Å². The van der Waals surface area contributed by atoms with Crippen LogP contribution < -0.4 is 5.32 Å². The van der Waals surface area contributed by atoms with E-state index in [2.05, 4.69) is 5.32 Å². The van der Waals surface area contributed by atoms with Gasteiger partial charge in [0.15, 0.2) is 9.84 Å². The summed E-state index contributed by atoms with van der Waals surface area (Å²) < 4.78 is 23.1. The minimum atomic E-state index is -3.24. The summed E-state index contributed by atoms with van der Waals surface area (Å²) in [5, 5.41) is 10.6. The molecule has 104 valence electrons. The third-order valence-electron chi connectivity index (χ3n) is 2.46. The number of carboxylic acid groups (broad SMARTS) is 1. The third-order valence-corrected chi connectivity index (χ3v) is 4.21. The molecule has 1 aromatic carbocycles. The molecule has 0 bridgehead atoms. The molecule has 0 aromatic heterocycles. The summed E-state index contributed by atoms with van der Waals surface area (Å²) >= 11 is 0. The van der Waals surface area contributed by atoms with Crippen LogP contribution in [0.1, 0.15) is 12.5 Å². The molecule has 6 nitrogen and oxygen atoms in total. The van der Waals surface area contributed by atoms with Crippen molar-refractivity contribution in [2.75, 3.05) is 12.3 Å². The van der Waals surface area contributed by atoms with Crippen LogP contribution in [0.25, 0.3) is 0 Å². The largest absolute Gasteiger partial charge is 0.480 e. The van der Waals surface area contributed by atoms with Gasteiger partial charge in [-0.3, -0.25) is 9.59 Å². The molecular weight excluding hydrogens is 270 g/mol. The quantitative estimate of drug-likeness (QED) is 0.779. The van der Waals surface area contributed by atoms with Gasteiger partial charge in [0.1, 0.15) is 6.54 Å². The fourth-order valence-corrected chi connectivity index (χ4v) is 2.29. The Morgan fingerprint density at radius 3 is 2.26 bits per heavy atom. The zero-order valence-electron chi connectivity index (χ0n) is 10.4. The Morgan fingerprint density at radius 1 is 1.21 bits per heavy atom. The summed E-state index contributed by atoms with van der Waals surface area (Å²) in [6.45, 7) is 1.13. The highest BCUT2D eigenvalue weighted by Crippen LogP contribution is 2.12. The lowest BCUT2D eigenvalue weighted by molar-refractivity contribution is -0.137. The van der Waals surface area contributed by atoms with Gasteiger partial charge < -0.3 is 10.4 Å². The van der Waals surface area contributed by atoms with E-state index in [4.69, 9.17) is 5.11 Å². The number of carboxylic acids is 1. The number of carbonyl (C=O) groups excluding carboxylic acids is 1. The van der Waals surface area contributed by atoms with Gasteiger partial charge in [-0.1, -0.05) is 19.1 Å². The third kappa shape index (κ3) is 4.70. The summed E-state index contributed by atoms with van der Waals surface area (Å²) in [5.74, 6) is -1.52. The van der Waals surface area contributed by atoms with Crippen LogP contribution in [-0.2, 0) is 25.8 Å². The van der Waals surface area contributed by atoms with Crippen LogP contribution in [0, 0.1) is 0 Å². The van der Waals surface area contributed by atoms with E-state index in [9.17, 15) is 18.0 Å². The minimum absolute atomic E-state index is 0.0136. The van der Waals surface area contributed by atoms with E-state index in [1.165, 1.54) is 12.1 Å². The van der Waals surface area contributed by atoms with Crippen LogP contribution in [0.4, 0.5) is 0 Å². The van der Waals surface area contributed by atoms with Crippen molar-refractivity contribution in [2.24, 2.45) is 0 Å². The molecule has 1 rings (SSSR count). The normalized spacial score (nSPS) is 11.0. The van der Waals surface area contributed by atoms with Crippen LogP contribution in [0.3, 0.4) is 0 Å². The monoisotopic (exact) mass is 285 g/mol. The zero-order valence-corrected chi connectivity index (χ0v) is 11.2. The number of carbonyl (C=O) groups is 2. The molecule has 7 heteroatoms. The number of sulfone groups is 1. The van der Waals surface area contributed by atoms with Crippen molar-refractivity contribution in [3.05, 3.63) is 29.8 Å². The maximum Gasteiger partial charge on any atom is 0.322 e. The van der Waals surface area contributed by atoms with Crippen molar-refractivity contribution in [1.82, 2.24) is 5.32 Å². The first-order valence-electron chi connectivity index (χ1n) is 5.65. The highest BCUT2D eigenvalue weighted by Gasteiger charge is 2.11. The fraction of sp³-hybridized carbons (Fsp3) is 0.333. The first-order valence-corrected chi connectivity index (χ1v) is 7.30. The topological polar surface area (TPSA) is 101 Å². The number of rotatable bonds is 6. The summed E-state index contributed by atoms with van der Waals surface area (Å²) in [5.41, 5.74) is 0.623. The van der Waals surface area contributed by atoms with Crippen molar-refractivity contribution in [2.45, 2.75) is 18.2 Å². The van der Waals surface area contributed by atoms with Gasteiger partial charge in [-0.05, 0) is 17.7 Å². The van der Waals surface area contributed by atoms with Crippen LogP contribution in [-0.4, -0.2) is 37.7 Å². The van der Waals surface area contributed by atoms with Gasteiger partial charge in [0.25, 0.3) is 0 Å². The number of nitrogens with one attached hydrogen (secondary N) is 1. The van der Waals surface area contributed by atoms with Gasteiger partial charge in [0.2, 0.25) is 5.91 Å². The Balaban J connectivity index is 2.67. The van der Waals surface area contributed by atoms with Gasteiger partial charge in [0.05, 0.1) is 17.1 Å². The predicted octanol–water partition coefficient (Wildman–Crippen LogP) is 0.223. The van der Waals surface area contributed by atoms with E-state index in [0.717, 1.165) is 0 Å². The van der Waals surface area contributed by atoms with E-state index >= 15 is 0 Å². The van der Waals surface area contributed by atoms with Crippen LogP contribution in [0.5, 0.6) is 0 Å². The molecule has 0 saturated carbocycles.